The highest BCUT2D eigenvalue weighted by atomic mass is 35.5. The third-order valence-electron chi connectivity index (χ3n) is 7.40. The van der Waals surface area contributed by atoms with Crippen LogP contribution >= 0.6 is 11.6 Å². The number of benzene rings is 2. The first-order valence-electron chi connectivity index (χ1n) is 12.9. The normalized spacial score (nSPS) is 21.4. The minimum Gasteiger partial charge on any atom is -0.333 e. The van der Waals surface area contributed by atoms with E-state index in [1.54, 1.807) is 27.9 Å². The van der Waals surface area contributed by atoms with E-state index < -0.39 is 12.2 Å². The van der Waals surface area contributed by atoms with E-state index in [2.05, 4.69) is 11.4 Å². The highest BCUT2D eigenvalue weighted by Crippen LogP contribution is 2.30. The Hall–Kier alpha value is -3.62. The summed E-state index contributed by atoms with van der Waals surface area (Å²) in [6, 6.07) is 16.2. The Morgan fingerprint density at radius 1 is 1.11 bits per heavy atom. The van der Waals surface area contributed by atoms with Crippen molar-refractivity contribution in [2.75, 3.05) is 26.7 Å². The fourth-order valence-electron chi connectivity index (χ4n) is 5.34. The Labute approximate surface area is 228 Å². The molecule has 9 heteroatoms. The quantitative estimate of drug-likeness (QED) is 0.590. The summed E-state index contributed by atoms with van der Waals surface area (Å²) < 4.78 is 0. The van der Waals surface area contributed by atoms with E-state index in [4.69, 9.17) is 11.6 Å². The van der Waals surface area contributed by atoms with Crippen LogP contribution in [0.5, 0.6) is 0 Å². The molecular weight excluding hydrogens is 502 g/mol. The first-order chi connectivity index (χ1) is 18.4. The zero-order valence-electron chi connectivity index (χ0n) is 21.4. The maximum atomic E-state index is 13.8. The van der Waals surface area contributed by atoms with Gasteiger partial charge in [0.1, 0.15) is 12.2 Å². The molecule has 38 heavy (non-hydrogen) atoms. The number of hydrazine groups is 1. The van der Waals surface area contributed by atoms with Crippen molar-refractivity contribution in [3.8, 4) is 0 Å². The highest BCUT2D eigenvalue weighted by Gasteiger charge is 2.51. The van der Waals surface area contributed by atoms with Gasteiger partial charge in [0, 0.05) is 31.6 Å². The van der Waals surface area contributed by atoms with Crippen molar-refractivity contribution in [3.63, 3.8) is 0 Å². The number of hydrogen-bond acceptors (Lipinski definition) is 4. The van der Waals surface area contributed by atoms with E-state index in [1.807, 2.05) is 60.7 Å². The number of urea groups is 1. The number of carbonyl (C=O) groups is 3. The Bertz CT molecular complexity index is 1260. The molecule has 2 saturated heterocycles. The topological polar surface area (TPSA) is 76.2 Å². The van der Waals surface area contributed by atoms with Gasteiger partial charge in [-0.2, -0.15) is 5.01 Å². The predicted molar refractivity (Wildman–Crippen MR) is 146 cm³/mol. The summed E-state index contributed by atoms with van der Waals surface area (Å²) >= 11 is 6.43. The second kappa shape index (κ2) is 11.4. The molecule has 4 amide bonds. The lowest BCUT2D eigenvalue weighted by molar-refractivity contribution is -0.157. The molecule has 0 aromatic heterocycles. The molecular formula is C29H32ClN5O3. The van der Waals surface area contributed by atoms with Crippen LogP contribution in [0.2, 0.25) is 5.02 Å². The summed E-state index contributed by atoms with van der Waals surface area (Å²) in [7, 11) is 1.67. The van der Waals surface area contributed by atoms with E-state index in [9.17, 15) is 14.4 Å². The lowest BCUT2D eigenvalue weighted by Gasteiger charge is -2.45. The molecule has 3 aliphatic rings. The van der Waals surface area contributed by atoms with E-state index in [-0.39, 0.29) is 30.9 Å². The first-order valence-corrected chi connectivity index (χ1v) is 13.3. The van der Waals surface area contributed by atoms with Crippen LogP contribution in [0.3, 0.4) is 0 Å². The van der Waals surface area contributed by atoms with Gasteiger partial charge >= 0.3 is 6.03 Å². The maximum absolute atomic E-state index is 13.8. The molecule has 198 valence electrons. The third kappa shape index (κ3) is 5.47. The van der Waals surface area contributed by atoms with Crippen molar-refractivity contribution < 1.29 is 14.4 Å². The molecule has 2 aliphatic heterocycles. The van der Waals surface area contributed by atoms with Gasteiger partial charge in [-0.15, -0.1) is 0 Å². The van der Waals surface area contributed by atoms with Gasteiger partial charge in [-0.1, -0.05) is 83.9 Å². The number of piperazine rings is 1. The van der Waals surface area contributed by atoms with Crippen molar-refractivity contribution in [2.24, 2.45) is 0 Å². The van der Waals surface area contributed by atoms with Crippen LogP contribution in [-0.4, -0.2) is 76.6 Å². The smallest absolute Gasteiger partial charge is 0.332 e. The Morgan fingerprint density at radius 3 is 2.61 bits per heavy atom. The largest absolute Gasteiger partial charge is 0.333 e. The molecule has 0 saturated carbocycles. The Morgan fingerprint density at radius 2 is 1.87 bits per heavy atom. The molecule has 0 unspecified atom stereocenters. The predicted octanol–water partition coefficient (Wildman–Crippen LogP) is 3.60. The number of fused-ring (bicyclic) bond motifs is 1. The van der Waals surface area contributed by atoms with Crippen LogP contribution in [0.15, 0.2) is 78.4 Å². The number of rotatable bonds is 7. The molecule has 2 aromatic carbocycles. The summed E-state index contributed by atoms with van der Waals surface area (Å²) in [5.41, 5.74) is 2.97. The van der Waals surface area contributed by atoms with Crippen LogP contribution in [0.1, 0.15) is 24.0 Å². The van der Waals surface area contributed by atoms with Gasteiger partial charge in [0.2, 0.25) is 11.8 Å². The van der Waals surface area contributed by atoms with Gasteiger partial charge in [-0.25, -0.2) is 4.79 Å². The molecule has 5 rings (SSSR count). The minimum absolute atomic E-state index is 0.0263. The molecule has 0 spiro atoms. The number of nitrogens with one attached hydrogen (secondary N) is 1. The minimum atomic E-state index is -0.674. The van der Waals surface area contributed by atoms with Crippen molar-refractivity contribution in [1.82, 2.24) is 25.1 Å². The van der Waals surface area contributed by atoms with Crippen molar-refractivity contribution in [1.29, 1.82) is 0 Å². The molecule has 1 aliphatic carbocycles. The molecule has 2 fully saturated rings. The standard InChI is InChI=1S/C29H32ClN5O3/c1-32(29(38)31-17-22-12-6-3-7-13-22)34-20-27(36)35-25(16-21-10-4-2-5-11-21)28(37)33(19-26(34)35)18-23-14-8-9-15-24(23)30/h2-6,8-12,14-15,25-26H,7,13,16-20H2,1H3,(H,31,38)/t25-,26+/m0/s1. The first kappa shape index (κ1) is 26.0. The number of halogens is 1. The van der Waals surface area contributed by atoms with Crippen molar-refractivity contribution in [2.45, 2.75) is 38.0 Å². The van der Waals surface area contributed by atoms with Gasteiger partial charge in [0.15, 0.2) is 0 Å². The zero-order valence-corrected chi connectivity index (χ0v) is 22.2. The van der Waals surface area contributed by atoms with Gasteiger partial charge in [-0.3, -0.25) is 14.6 Å². The molecule has 8 nitrogen and oxygen atoms in total. The second-order valence-corrected chi connectivity index (χ2v) is 10.3. The van der Waals surface area contributed by atoms with Crippen LogP contribution < -0.4 is 5.32 Å². The van der Waals surface area contributed by atoms with Crippen LogP contribution in [-0.2, 0) is 22.6 Å². The summed E-state index contributed by atoms with van der Waals surface area (Å²) in [5, 5.41) is 6.80. The lowest BCUT2D eigenvalue weighted by Crippen LogP contribution is -2.65. The summed E-state index contributed by atoms with van der Waals surface area (Å²) in [4.78, 5) is 43.6. The number of hydrogen-bond donors (Lipinski definition) is 1. The fourth-order valence-corrected chi connectivity index (χ4v) is 5.54. The molecule has 1 N–H and O–H groups in total. The second-order valence-electron chi connectivity index (χ2n) is 9.87. The van der Waals surface area contributed by atoms with Gasteiger partial charge in [0.05, 0.1) is 13.1 Å². The maximum Gasteiger partial charge on any atom is 0.332 e. The lowest BCUT2D eigenvalue weighted by atomic mass is 10.00. The monoisotopic (exact) mass is 533 g/mol. The van der Waals surface area contributed by atoms with E-state index >= 15 is 0 Å². The Balaban J connectivity index is 1.38. The number of carbonyl (C=O) groups excluding carboxylic acids is 3. The molecule has 0 radical (unpaired) electrons. The number of amides is 4. The average molecular weight is 534 g/mol. The number of allylic oxidation sites excluding steroid dienone is 3. The molecule has 0 bridgehead atoms. The van der Waals surface area contributed by atoms with E-state index in [1.165, 1.54) is 5.01 Å². The summed E-state index contributed by atoms with van der Waals surface area (Å²) in [6.07, 6.45) is 7.94. The fraction of sp³-hybridized carbons (Fsp3) is 0.345. The average Bonchev–Trinajstić information content (AvgIpc) is 3.27. The summed E-state index contributed by atoms with van der Waals surface area (Å²) in [5.74, 6) is -0.286. The molecule has 2 aromatic rings. The van der Waals surface area contributed by atoms with Crippen molar-refractivity contribution in [3.05, 3.63) is 94.5 Å². The van der Waals surface area contributed by atoms with Crippen LogP contribution in [0, 0.1) is 0 Å². The van der Waals surface area contributed by atoms with Crippen LogP contribution in [0.4, 0.5) is 4.79 Å². The van der Waals surface area contributed by atoms with Gasteiger partial charge in [0.25, 0.3) is 0 Å². The van der Waals surface area contributed by atoms with Crippen molar-refractivity contribution >= 4 is 29.4 Å². The number of nitrogens with zero attached hydrogens (tertiary/aromatic N) is 4. The SMILES string of the molecule is CN(C(=O)NCC1=CC=CCC1)N1CC(=O)N2[C@@H](Cc3ccccc3)C(=O)N(Cc3ccccc3Cl)C[C@@H]21. The van der Waals surface area contributed by atoms with E-state index in [0.717, 1.165) is 29.5 Å². The summed E-state index contributed by atoms with van der Waals surface area (Å²) in [6.45, 7) is 1.08. The Kier molecular flexibility index (Phi) is 7.81. The van der Waals surface area contributed by atoms with Gasteiger partial charge < -0.3 is 15.1 Å². The van der Waals surface area contributed by atoms with Gasteiger partial charge in [-0.05, 0) is 30.0 Å². The van der Waals surface area contributed by atoms with Crippen LogP contribution in [0.25, 0.3) is 0 Å². The van der Waals surface area contributed by atoms with E-state index in [0.29, 0.717) is 24.5 Å². The molecule has 2 heterocycles. The zero-order chi connectivity index (χ0) is 26.6. The highest BCUT2D eigenvalue weighted by molar-refractivity contribution is 6.31. The third-order valence-corrected chi connectivity index (χ3v) is 7.77. The molecule has 2 atom stereocenters.